The van der Waals surface area contributed by atoms with Gasteiger partial charge in [-0.05, 0) is 42.5 Å². The van der Waals surface area contributed by atoms with Crippen LogP contribution >= 0.6 is 34.8 Å². The van der Waals surface area contributed by atoms with Crippen LogP contribution in [-0.4, -0.2) is 16.3 Å². The van der Waals surface area contributed by atoms with E-state index in [2.05, 4.69) is 4.98 Å². The number of hydrogen-bond acceptors (Lipinski definition) is 3. The van der Waals surface area contributed by atoms with Crippen LogP contribution in [0.4, 0.5) is 0 Å². The molecule has 0 N–H and O–H groups in total. The van der Waals surface area contributed by atoms with Crippen LogP contribution in [0.25, 0.3) is 12.0 Å². The van der Waals surface area contributed by atoms with Gasteiger partial charge in [0.2, 0.25) is 6.79 Å². The molecule has 3 rings (SSSR count). The van der Waals surface area contributed by atoms with Crippen molar-refractivity contribution in [2.75, 3.05) is 6.79 Å². The number of rotatable bonds is 6. The minimum atomic E-state index is 0.00111. The van der Waals surface area contributed by atoms with Gasteiger partial charge in [-0.2, -0.15) is 0 Å². The van der Waals surface area contributed by atoms with E-state index in [4.69, 9.17) is 44.3 Å². The van der Waals surface area contributed by atoms with Gasteiger partial charge in [-0.3, -0.25) is 0 Å². The molecule has 0 radical (unpaired) electrons. The Bertz CT molecular complexity index is 863. The average molecular weight is 396 g/mol. The van der Waals surface area contributed by atoms with Gasteiger partial charge in [0.15, 0.2) is 0 Å². The van der Waals surface area contributed by atoms with E-state index in [0.29, 0.717) is 32.1 Å². The van der Waals surface area contributed by atoms with Gasteiger partial charge in [0.05, 0.1) is 17.5 Å². The maximum absolute atomic E-state index is 6.29. The molecule has 0 unspecified atom stereocenters. The molecule has 4 nitrogen and oxygen atoms in total. The highest BCUT2D eigenvalue weighted by atomic mass is 35.5. The Hall–Kier alpha value is -2.14. The molecule has 0 spiro atoms. The molecule has 0 bridgehead atoms. The lowest BCUT2D eigenvalue weighted by Gasteiger charge is -2.13. The lowest BCUT2D eigenvalue weighted by Crippen LogP contribution is -2.04. The molecule has 25 heavy (non-hydrogen) atoms. The summed E-state index contributed by atoms with van der Waals surface area (Å²) in [5.41, 5.74) is 0.694. The summed E-state index contributed by atoms with van der Waals surface area (Å²) < 4.78 is 13.1. The topological polar surface area (TPSA) is 36.3 Å². The monoisotopic (exact) mass is 394 g/mol. The number of hydrogen-bond donors (Lipinski definition) is 0. The summed E-state index contributed by atoms with van der Waals surface area (Å²) in [6.07, 6.45) is 6.86. The van der Waals surface area contributed by atoms with E-state index in [1.54, 1.807) is 72.0 Å². The molecular formula is C18H13Cl3N2O2. The zero-order valence-electron chi connectivity index (χ0n) is 12.9. The van der Waals surface area contributed by atoms with E-state index in [9.17, 15) is 0 Å². The number of aromatic nitrogens is 2. The molecular weight excluding hydrogens is 383 g/mol. The highest BCUT2D eigenvalue weighted by Crippen LogP contribution is 2.28. The summed E-state index contributed by atoms with van der Waals surface area (Å²) in [5, 5.41) is 1.67. The summed E-state index contributed by atoms with van der Waals surface area (Å²) in [7, 11) is 0. The van der Waals surface area contributed by atoms with Crippen molar-refractivity contribution in [3.63, 3.8) is 0 Å². The first-order valence-electron chi connectivity index (χ1n) is 7.27. The third-order valence-electron chi connectivity index (χ3n) is 3.24. The SMILES string of the molecule is Clc1ccc(OCO/C(=C/n2ccnc2)c2ccc(Cl)cc2Cl)cc1. The number of halogens is 3. The van der Waals surface area contributed by atoms with E-state index in [0.717, 1.165) is 0 Å². The largest absolute Gasteiger partial charge is 0.457 e. The zero-order valence-corrected chi connectivity index (χ0v) is 15.2. The molecule has 128 valence electrons. The first kappa shape index (κ1) is 17.7. The predicted octanol–water partition coefficient (Wildman–Crippen LogP) is 5.85. The first-order valence-corrected chi connectivity index (χ1v) is 8.41. The summed E-state index contributed by atoms with van der Waals surface area (Å²) in [6, 6.07) is 12.2. The van der Waals surface area contributed by atoms with E-state index >= 15 is 0 Å². The lowest BCUT2D eigenvalue weighted by atomic mass is 10.2. The number of imidazole rings is 1. The van der Waals surface area contributed by atoms with E-state index in [1.807, 2.05) is 0 Å². The summed E-state index contributed by atoms with van der Waals surface area (Å²) in [5.74, 6) is 1.17. The van der Waals surface area contributed by atoms with Crippen LogP contribution in [0.1, 0.15) is 5.56 Å². The lowest BCUT2D eigenvalue weighted by molar-refractivity contribution is 0.0960. The minimum Gasteiger partial charge on any atom is -0.457 e. The van der Waals surface area contributed by atoms with E-state index in [-0.39, 0.29) is 6.79 Å². The van der Waals surface area contributed by atoms with Crippen LogP contribution in [-0.2, 0) is 4.74 Å². The Balaban J connectivity index is 1.78. The van der Waals surface area contributed by atoms with Crippen LogP contribution in [0.2, 0.25) is 15.1 Å². The molecule has 1 aromatic heterocycles. The summed E-state index contributed by atoms with van der Waals surface area (Å²) >= 11 is 18.1. The standard InChI is InChI=1S/C18H13Cl3N2O2/c19-13-1-4-15(5-2-13)24-12-25-18(10-23-8-7-22-11-23)16-6-3-14(20)9-17(16)21/h1-11H,12H2/b18-10+. The molecule has 0 aliphatic heterocycles. The Morgan fingerprint density at radius 2 is 1.80 bits per heavy atom. The number of ether oxygens (including phenoxy) is 2. The quantitative estimate of drug-likeness (QED) is 0.388. The van der Waals surface area contributed by atoms with Crippen molar-refractivity contribution in [1.82, 2.24) is 9.55 Å². The molecule has 0 aliphatic carbocycles. The molecule has 0 atom stereocenters. The van der Waals surface area contributed by atoms with E-state index in [1.165, 1.54) is 0 Å². The van der Waals surface area contributed by atoms with Gasteiger partial charge < -0.3 is 14.0 Å². The fourth-order valence-electron chi connectivity index (χ4n) is 2.05. The normalized spacial score (nSPS) is 11.4. The molecule has 0 saturated heterocycles. The molecule has 0 aliphatic rings. The second-order valence-electron chi connectivity index (χ2n) is 4.99. The predicted molar refractivity (Wildman–Crippen MR) is 101 cm³/mol. The van der Waals surface area contributed by atoms with Gasteiger partial charge in [-0.15, -0.1) is 0 Å². The van der Waals surface area contributed by atoms with Crippen molar-refractivity contribution in [1.29, 1.82) is 0 Å². The van der Waals surface area contributed by atoms with Crippen LogP contribution in [0.3, 0.4) is 0 Å². The van der Waals surface area contributed by atoms with E-state index < -0.39 is 0 Å². The number of nitrogens with zero attached hydrogens (tertiary/aromatic N) is 2. The third kappa shape index (κ3) is 4.92. The van der Waals surface area contributed by atoms with Crippen LogP contribution in [0, 0.1) is 0 Å². The van der Waals surface area contributed by atoms with Gasteiger partial charge in [-0.25, -0.2) is 4.98 Å². The average Bonchev–Trinajstić information content (AvgIpc) is 3.09. The van der Waals surface area contributed by atoms with Gasteiger partial charge in [0.25, 0.3) is 0 Å². The molecule has 0 amide bonds. The summed E-state index contributed by atoms with van der Waals surface area (Å²) in [6.45, 7) is 0.00111. The molecule has 1 heterocycles. The second kappa shape index (κ2) is 8.30. The van der Waals surface area contributed by atoms with Crippen molar-refractivity contribution in [2.45, 2.75) is 0 Å². The maximum Gasteiger partial charge on any atom is 0.230 e. The fourth-order valence-corrected chi connectivity index (χ4v) is 2.67. The van der Waals surface area contributed by atoms with Gasteiger partial charge in [0, 0.05) is 28.0 Å². The molecule has 7 heteroatoms. The maximum atomic E-state index is 6.29. The van der Waals surface area contributed by atoms with Gasteiger partial charge in [0.1, 0.15) is 11.5 Å². The Labute approximate surface area is 160 Å². The Kier molecular flexibility index (Phi) is 5.87. The zero-order chi connectivity index (χ0) is 17.6. The highest BCUT2D eigenvalue weighted by Gasteiger charge is 2.10. The second-order valence-corrected chi connectivity index (χ2v) is 6.27. The fraction of sp³-hybridized carbons (Fsp3) is 0.0556. The van der Waals surface area contributed by atoms with Crippen molar-refractivity contribution in [2.24, 2.45) is 0 Å². The van der Waals surface area contributed by atoms with Crippen LogP contribution in [0.5, 0.6) is 5.75 Å². The molecule has 2 aromatic carbocycles. The van der Waals surface area contributed by atoms with Gasteiger partial charge >= 0.3 is 0 Å². The van der Waals surface area contributed by atoms with Crippen molar-refractivity contribution < 1.29 is 9.47 Å². The van der Waals surface area contributed by atoms with Crippen molar-refractivity contribution in [3.05, 3.63) is 81.8 Å². The van der Waals surface area contributed by atoms with Crippen LogP contribution in [0.15, 0.2) is 61.2 Å². The smallest absolute Gasteiger partial charge is 0.230 e. The van der Waals surface area contributed by atoms with Gasteiger partial charge in [-0.1, -0.05) is 34.8 Å². The first-order chi connectivity index (χ1) is 12.1. The molecule has 3 aromatic rings. The highest BCUT2D eigenvalue weighted by molar-refractivity contribution is 6.35. The Morgan fingerprint density at radius 1 is 1.04 bits per heavy atom. The van der Waals surface area contributed by atoms with Crippen molar-refractivity contribution >= 4 is 46.8 Å². The third-order valence-corrected chi connectivity index (χ3v) is 4.04. The molecule has 0 fully saturated rings. The Morgan fingerprint density at radius 3 is 2.48 bits per heavy atom. The van der Waals surface area contributed by atoms with Crippen molar-refractivity contribution in [3.8, 4) is 5.75 Å². The number of benzene rings is 2. The summed E-state index contributed by atoms with van der Waals surface area (Å²) in [4.78, 5) is 4.01. The molecule has 0 saturated carbocycles. The minimum absolute atomic E-state index is 0.00111. The van der Waals surface area contributed by atoms with Crippen LogP contribution < -0.4 is 4.74 Å².